The van der Waals surface area contributed by atoms with E-state index in [2.05, 4.69) is 247 Å². The Kier molecular flexibility index (Phi) is 9.54. The third kappa shape index (κ3) is 6.37. The first-order chi connectivity index (χ1) is 35.6. The van der Waals surface area contributed by atoms with Crippen LogP contribution >= 0.6 is 34.0 Å². The van der Waals surface area contributed by atoms with E-state index in [0.717, 1.165) is 29.9 Å². The third-order valence-electron chi connectivity index (χ3n) is 15.6. The molecule has 1 aliphatic heterocycles. The molecule has 3 aliphatic rings. The summed E-state index contributed by atoms with van der Waals surface area (Å²) in [5.41, 5.74) is 17.7. The summed E-state index contributed by atoms with van der Waals surface area (Å²) in [4.78, 5) is 7.91. The van der Waals surface area contributed by atoms with Crippen molar-refractivity contribution in [2.45, 2.75) is 31.2 Å². The van der Waals surface area contributed by atoms with Gasteiger partial charge in [-0.05, 0) is 137 Å². The number of nitrogens with zero attached hydrogens (tertiary/aromatic N) is 2. The van der Waals surface area contributed by atoms with Crippen LogP contribution in [0, 0.1) is 0 Å². The molecule has 72 heavy (non-hydrogen) atoms. The van der Waals surface area contributed by atoms with Crippen LogP contribution in [0.4, 0.5) is 28.4 Å². The summed E-state index contributed by atoms with van der Waals surface area (Å²) in [5.74, 6) is 0.246. The van der Waals surface area contributed by atoms with Gasteiger partial charge in [-0.1, -0.05) is 164 Å². The fraction of sp³-hybridized carbons (Fsp3) is 0.0746. The van der Waals surface area contributed by atoms with Gasteiger partial charge >= 0.3 is 0 Å². The smallest absolute Gasteiger partial charge is 0.0726 e. The molecular formula is C67H46N2S3. The molecule has 0 spiro atoms. The number of hydrogen-bond acceptors (Lipinski definition) is 5. The van der Waals surface area contributed by atoms with E-state index in [4.69, 9.17) is 0 Å². The van der Waals surface area contributed by atoms with Crippen molar-refractivity contribution in [1.82, 2.24) is 0 Å². The Bertz CT molecular complexity index is 4010. The fourth-order valence-electron chi connectivity index (χ4n) is 12.3. The topological polar surface area (TPSA) is 6.48 Å². The lowest BCUT2D eigenvalue weighted by molar-refractivity contribution is 0.538. The van der Waals surface area contributed by atoms with Crippen molar-refractivity contribution in [2.75, 3.05) is 9.80 Å². The minimum absolute atomic E-state index is 0.214. The molecule has 12 aromatic rings. The van der Waals surface area contributed by atoms with E-state index in [1.54, 1.807) is 0 Å². The Morgan fingerprint density at radius 3 is 1.64 bits per heavy atom. The van der Waals surface area contributed by atoms with Crippen LogP contribution in [0.2, 0.25) is 0 Å². The van der Waals surface area contributed by atoms with Gasteiger partial charge in [-0.25, -0.2) is 0 Å². The van der Waals surface area contributed by atoms with Crippen molar-refractivity contribution in [2.24, 2.45) is 0 Å². The second kappa shape index (κ2) is 16.4. The van der Waals surface area contributed by atoms with Crippen LogP contribution in [0.25, 0.3) is 74.2 Å². The molecule has 0 saturated heterocycles. The number of anilines is 5. The first kappa shape index (κ1) is 41.9. The molecule has 0 bridgehead atoms. The average molecular weight is 975 g/mol. The normalized spacial score (nSPS) is 16.8. The summed E-state index contributed by atoms with van der Waals surface area (Å²) < 4.78 is 5.32. The monoisotopic (exact) mass is 974 g/mol. The van der Waals surface area contributed by atoms with Gasteiger partial charge in [0, 0.05) is 84.5 Å². The minimum Gasteiger partial charge on any atom is -0.331 e. The molecule has 4 heterocycles. The maximum atomic E-state index is 2.57. The van der Waals surface area contributed by atoms with Crippen LogP contribution in [0.5, 0.6) is 0 Å². The highest BCUT2D eigenvalue weighted by atomic mass is 32.1. The minimum atomic E-state index is -0.214. The lowest BCUT2D eigenvalue weighted by atomic mass is 9.76. The number of thiophene rings is 3. The van der Waals surface area contributed by atoms with E-state index in [9.17, 15) is 0 Å². The van der Waals surface area contributed by atoms with Gasteiger partial charge in [0.05, 0.1) is 5.54 Å². The molecule has 2 unspecified atom stereocenters. The molecule has 342 valence electrons. The second-order valence-corrected chi connectivity index (χ2v) is 22.8. The van der Waals surface area contributed by atoms with Crippen LogP contribution in [-0.2, 0) is 6.42 Å². The molecule has 0 fully saturated rings. The van der Waals surface area contributed by atoms with E-state index >= 15 is 0 Å². The standard InChI is InChI=1S/C67H46N2S3/c1-67-41-40-57-56-24-13-21-51(65(56)72-66(57)62(67)58-18-5-8-25-59(58)69(67)48-14-3-2-4-15-48)44-32-38-47(39-33-44)68(45-34-28-42(29-35-45)49-19-11-22-54-52-16-6-9-26-60(52)70-63(49)54)46-36-30-43(31-37-46)50-20-12-23-55-53-17-7-10-27-61(53)71-64(50)55/h2-12,14-23,25-41,62H,13,24H2,1H3. The number of allylic oxidation sites excluding steroid dienone is 1. The van der Waals surface area contributed by atoms with Gasteiger partial charge in [0.15, 0.2) is 0 Å². The van der Waals surface area contributed by atoms with Crippen LogP contribution in [0.3, 0.4) is 0 Å². The lowest BCUT2D eigenvalue weighted by Crippen LogP contribution is -2.43. The summed E-state index contributed by atoms with van der Waals surface area (Å²) in [5, 5.41) is 5.29. The molecule has 9 aromatic carbocycles. The van der Waals surface area contributed by atoms with Gasteiger partial charge in [0.2, 0.25) is 0 Å². The number of rotatable bonds is 7. The zero-order valence-electron chi connectivity index (χ0n) is 39.6. The van der Waals surface area contributed by atoms with Crippen molar-refractivity contribution in [3.63, 3.8) is 0 Å². The molecule has 0 saturated carbocycles. The summed E-state index contributed by atoms with van der Waals surface area (Å²) >= 11 is 5.80. The fourth-order valence-corrected chi connectivity index (χ4v) is 16.4. The highest BCUT2D eigenvalue weighted by Crippen LogP contribution is 2.60. The van der Waals surface area contributed by atoms with Crippen LogP contribution in [-0.4, -0.2) is 5.54 Å². The van der Waals surface area contributed by atoms with Crippen molar-refractivity contribution in [1.29, 1.82) is 0 Å². The molecule has 0 radical (unpaired) electrons. The van der Waals surface area contributed by atoms with Gasteiger partial charge < -0.3 is 9.80 Å². The van der Waals surface area contributed by atoms with Gasteiger partial charge in [-0.3, -0.25) is 0 Å². The van der Waals surface area contributed by atoms with E-state index in [1.165, 1.54) is 112 Å². The summed E-state index contributed by atoms with van der Waals surface area (Å²) in [6.45, 7) is 2.43. The van der Waals surface area contributed by atoms with E-state index in [0.29, 0.717) is 0 Å². The largest absolute Gasteiger partial charge is 0.331 e. The van der Waals surface area contributed by atoms with Gasteiger partial charge in [-0.15, -0.1) is 34.0 Å². The molecule has 5 heteroatoms. The zero-order valence-corrected chi connectivity index (χ0v) is 42.0. The van der Waals surface area contributed by atoms with Crippen molar-refractivity contribution in [3.8, 4) is 22.3 Å². The Morgan fingerprint density at radius 2 is 1.03 bits per heavy atom. The summed E-state index contributed by atoms with van der Waals surface area (Å²) in [7, 11) is 0. The Labute approximate surface area is 431 Å². The number of benzene rings is 9. The van der Waals surface area contributed by atoms with Gasteiger partial charge in [0.1, 0.15) is 0 Å². The summed E-state index contributed by atoms with van der Waals surface area (Å²) in [6, 6.07) is 78.9. The number of hydrogen-bond donors (Lipinski definition) is 0. The highest BCUT2D eigenvalue weighted by Gasteiger charge is 2.51. The van der Waals surface area contributed by atoms with E-state index < -0.39 is 0 Å². The lowest BCUT2D eigenvalue weighted by Gasteiger charge is -2.40. The molecule has 2 atom stereocenters. The van der Waals surface area contributed by atoms with Gasteiger partial charge in [-0.2, -0.15) is 0 Å². The first-order valence-electron chi connectivity index (χ1n) is 25.0. The van der Waals surface area contributed by atoms with Crippen molar-refractivity contribution < 1.29 is 0 Å². The molecule has 15 rings (SSSR count). The Hall–Kier alpha value is -7.80. The van der Waals surface area contributed by atoms with Crippen molar-refractivity contribution in [3.05, 3.63) is 256 Å². The molecule has 0 amide bonds. The van der Waals surface area contributed by atoms with Gasteiger partial charge in [0.25, 0.3) is 0 Å². The molecule has 2 aliphatic carbocycles. The van der Waals surface area contributed by atoms with Crippen LogP contribution in [0.1, 0.15) is 51.3 Å². The molecule has 2 nitrogen and oxygen atoms in total. The molecule has 0 N–H and O–H groups in total. The zero-order chi connectivity index (χ0) is 47.5. The summed E-state index contributed by atoms with van der Waals surface area (Å²) in [6.07, 6.45) is 9.54. The molecule has 3 aromatic heterocycles. The van der Waals surface area contributed by atoms with Crippen LogP contribution < -0.4 is 9.80 Å². The first-order valence-corrected chi connectivity index (χ1v) is 27.4. The van der Waals surface area contributed by atoms with Crippen molar-refractivity contribution >= 4 is 114 Å². The Morgan fingerprint density at radius 1 is 0.500 bits per heavy atom. The second-order valence-electron chi connectivity index (χ2n) is 19.6. The number of para-hydroxylation sites is 2. The average Bonchev–Trinajstić information content (AvgIpc) is 4.20. The predicted octanol–water partition coefficient (Wildman–Crippen LogP) is 19.7. The SMILES string of the molecule is CC12C=Cc3c(sc4c3CCC=C4c3ccc(N(c4ccc(-c5cccc6c5sc5ccccc56)cc4)c4ccc(-c5cccc6c5sc5ccccc56)cc4)cc3)C1c1ccccc1N2c1ccccc1. The maximum Gasteiger partial charge on any atom is 0.0726 e. The third-order valence-corrected chi connectivity index (χ3v) is 19.4. The Balaban J connectivity index is 0.805. The quantitative estimate of drug-likeness (QED) is 0.157. The van der Waals surface area contributed by atoms with E-state index in [1.807, 2.05) is 34.0 Å². The maximum absolute atomic E-state index is 2.57. The van der Waals surface area contributed by atoms with Crippen LogP contribution in [0.15, 0.2) is 224 Å². The highest BCUT2D eigenvalue weighted by molar-refractivity contribution is 7.26. The van der Waals surface area contributed by atoms with E-state index in [-0.39, 0.29) is 11.5 Å². The predicted molar refractivity (Wildman–Crippen MR) is 312 cm³/mol. The molecular weight excluding hydrogens is 929 g/mol. The number of fused-ring (bicyclic) bond motifs is 13.